The lowest BCUT2D eigenvalue weighted by molar-refractivity contribution is -0.143. The van der Waals surface area contributed by atoms with Crippen LogP contribution in [0.25, 0.3) is 0 Å². The Kier molecular flexibility index (Phi) is 5.01. The number of carbonyl (C=O) groups excluding carboxylic acids is 1. The second-order valence-corrected chi connectivity index (χ2v) is 4.59. The lowest BCUT2D eigenvalue weighted by atomic mass is 9.97. The molecule has 1 atom stereocenters. The van der Waals surface area contributed by atoms with Gasteiger partial charge in [-0.25, -0.2) is 18.4 Å². The van der Waals surface area contributed by atoms with E-state index in [4.69, 9.17) is 5.11 Å². The number of hydrogen-bond acceptors (Lipinski definition) is 2. The zero-order chi connectivity index (χ0) is 15.3. The average Bonchev–Trinajstić information content (AvgIpc) is 2.33. The van der Waals surface area contributed by atoms with Crippen LogP contribution in [0.4, 0.5) is 19.3 Å². The first-order valence-electron chi connectivity index (χ1n) is 6.06. The second-order valence-electron chi connectivity index (χ2n) is 4.59. The number of hydrogen-bond donors (Lipinski definition) is 3. The molecule has 0 bridgehead atoms. The molecule has 0 saturated carbocycles. The number of benzene rings is 1. The van der Waals surface area contributed by atoms with Crippen molar-refractivity contribution < 1.29 is 23.5 Å². The second kappa shape index (κ2) is 6.31. The van der Waals surface area contributed by atoms with Crippen LogP contribution >= 0.6 is 0 Å². The van der Waals surface area contributed by atoms with Crippen molar-refractivity contribution in [2.75, 3.05) is 5.32 Å². The van der Waals surface area contributed by atoms with Crippen LogP contribution in [0.3, 0.4) is 0 Å². The molecule has 1 unspecified atom stereocenters. The van der Waals surface area contributed by atoms with E-state index in [-0.39, 0.29) is 12.1 Å². The third-order valence-electron chi connectivity index (χ3n) is 2.79. The van der Waals surface area contributed by atoms with Gasteiger partial charge in [-0.3, -0.25) is 0 Å². The van der Waals surface area contributed by atoms with Crippen LogP contribution in [0.15, 0.2) is 18.2 Å². The minimum Gasteiger partial charge on any atom is -0.480 e. The molecule has 2 amide bonds. The highest BCUT2D eigenvalue weighted by Crippen LogP contribution is 2.17. The van der Waals surface area contributed by atoms with E-state index >= 15 is 0 Å². The highest BCUT2D eigenvalue weighted by Gasteiger charge is 2.33. The fourth-order valence-electron chi connectivity index (χ4n) is 1.72. The Balaban J connectivity index is 2.81. The first kappa shape index (κ1) is 15.9. The van der Waals surface area contributed by atoms with E-state index in [0.29, 0.717) is 6.42 Å². The van der Waals surface area contributed by atoms with Crippen molar-refractivity contribution in [2.24, 2.45) is 0 Å². The third-order valence-corrected chi connectivity index (χ3v) is 2.79. The Bertz CT molecular complexity index is 522. The van der Waals surface area contributed by atoms with Gasteiger partial charge in [0, 0.05) is 6.07 Å². The average molecular weight is 286 g/mol. The Morgan fingerprint density at radius 2 is 2.00 bits per heavy atom. The normalized spacial score (nSPS) is 13.4. The maximum Gasteiger partial charge on any atom is 0.329 e. The summed E-state index contributed by atoms with van der Waals surface area (Å²) in [5.41, 5.74) is -1.82. The van der Waals surface area contributed by atoms with Crippen LogP contribution < -0.4 is 10.6 Å². The number of halogens is 2. The zero-order valence-corrected chi connectivity index (χ0v) is 11.2. The number of nitrogens with one attached hydrogen (secondary N) is 2. The Morgan fingerprint density at radius 1 is 1.35 bits per heavy atom. The number of carboxylic acids is 1. The van der Waals surface area contributed by atoms with Gasteiger partial charge in [-0.2, -0.15) is 0 Å². The molecule has 1 aromatic carbocycles. The number of carboxylic acid groups (broad SMARTS) is 1. The SMILES string of the molecule is CCCC(C)(NC(=O)Nc1cc(F)ccc1F)C(=O)O. The van der Waals surface area contributed by atoms with E-state index in [0.717, 1.165) is 18.2 Å². The van der Waals surface area contributed by atoms with Gasteiger partial charge >= 0.3 is 12.0 Å². The van der Waals surface area contributed by atoms with Crippen LogP contribution in [0.5, 0.6) is 0 Å². The predicted molar refractivity (Wildman–Crippen MR) is 69.5 cm³/mol. The summed E-state index contributed by atoms with van der Waals surface area (Å²) in [5.74, 6) is -2.72. The molecule has 7 heteroatoms. The van der Waals surface area contributed by atoms with Gasteiger partial charge in [-0.15, -0.1) is 0 Å². The summed E-state index contributed by atoms with van der Waals surface area (Å²) < 4.78 is 26.3. The van der Waals surface area contributed by atoms with Crippen LogP contribution in [0.1, 0.15) is 26.7 Å². The molecule has 20 heavy (non-hydrogen) atoms. The molecule has 0 heterocycles. The number of amides is 2. The summed E-state index contributed by atoms with van der Waals surface area (Å²) in [4.78, 5) is 22.8. The quantitative estimate of drug-likeness (QED) is 0.778. The molecule has 5 nitrogen and oxygen atoms in total. The maximum atomic E-state index is 13.3. The topological polar surface area (TPSA) is 78.4 Å². The molecule has 0 aromatic heterocycles. The van der Waals surface area contributed by atoms with Gasteiger partial charge in [0.2, 0.25) is 0 Å². The summed E-state index contributed by atoms with van der Waals surface area (Å²) in [5, 5.41) is 13.4. The highest BCUT2D eigenvalue weighted by molar-refractivity contribution is 5.93. The molecule has 1 rings (SSSR count). The molecule has 1 aromatic rings. The number of anilines is 1. The van der Waals surface area contributed by atoms with Crippen molar-refractivity contribution in [2.45, 2.75) is 32.2 Å². The first-order chi connectivity index (χ1) is 9.28. The molecule has 3 N–H and O–H groups in total. The van der Waals surface area contributed by atoms with Crippen LogP contribution in [0.2, 0.25) is 0 Å². The van der Waals surface area contributed by atoms with E-state index in [1.165, 1.54) is 6.92 Å². The number of aliphatic carboxylic acids is 1. The molecule has 0 spiro atoms. The van der Waals surface area contributed by atoms with E-state index in [1.807, 2.05) is 0 Å². The summed E-state index contributed by atoms with van der Waals surface area (Å²) in [6.45, 7) is 3.12. The number of carbonyl (C=O) groups is 2. The lowest BCUT2D eigenvalue weighted by Gasteiger charge is -2.25. The molecular weight excluding hydrogens is 270 g/mol. The van der Waals surface area contributed by atoms with E-state index in [2.05, 4.69) is 10.6 Å². The van der Waals surface area contributed by atoms with Crippen LogP contribution in [-0.4, -0.2) is 22.6 Å². The molecule has 0 aliphatic heterocycles. The molecule has 0 aliphatic carbocycles. The largest absolute Gasteiger partial charge is 0.480 e. The van der Waals surface area contributed by atoms with Crippen molar-refractivity contribution in [3.63, 3.8) is 0 Å². The van der Waals surface area contributed by atoms with Gasteiger partial charge < -0.3 is 15.7 Å². The standard InChI is InChI=1S/C13H16F2N2O3/c1-3-6-13(2,11(18)19)17-12(20)16-10-7-8(14)4-5-9(10)15/h4-5,7H,3,6H2,1-2H3,(H,18,19)(H2,16,17,20). The Morgan fingerprint density at radius 3 is 2.55 bits per heavy atom. The maximum absolute atomic E-state index is 13.3. The molecule has 0 fully saturated rings. The molecule has 0 radical (unpaired) electrons. The number of urea groups is 1. The van der Waals surface area contributed by atoms with Gasteiger partial charge in [-0.1, -0.05) is 13.3 Å². The smallest absolute Gasteiger partial charge is 0.329 e. The van der Waals surface area contributed by atoms with Crippen molar-refractivity contribution in [1.82, 2.24) is 5.32 Å². The zero-order valence-electron chi connectivity index (χ0n) is 11.2. The molecule has 0 aliphatic rings. The van der Waals surface area contributed by atoms with E-state index in [1.54, 1.807) is 6.92 Å². The van der Waals surface area contributed by atoms with Crippen molar-refractivity contribution in [1.29, 1.82) is 0 Å². The molecular formula is C13H16F2N2O3. The number of rotatable bonds is 5. The molecule has 110 valence electrons. The summed E-state index contributed by atoms with van der Waals surface area (Å²) in [6.07, 6.45) is 0.749. The summed E-state index contributed by atoms with van der Waals surface area (Å²) in [6, 6.07) is 1.68. The fraction of sp³-hybridized carbons (Fsp3) is 0.385. The minimum atomic E-state index is -1.47. The van der Waals surface area contributed by atoms with E-state index < -0.39 is 29.2 Å². The van der Waals surface area contributed by atoms with E-state index in [9.17, 15) is 18.4 Å². The Hall–Kier alpha value is -2.18. The molecule has 0 saturated heterocycles. The lowest BCUT2D eigenvalue weighted by Crippen LogP contribution is -2.53. The van der Waals surface area contributed by atoms with Gasteiger partial charge in [0.25, 0.3) is 0 Å². The summed E-state index contributed by atoms with van der Waals surface area (Å²) >= 11 is 0. The van der Waals surface area contributed by atoms with Crippen molar-refractivity contribution in [3.8, 4) is 0 Å². The summed E-state index contributed by atoms with van der Waals surface area (Å²) in [7, 11) is 0. The van der Waals surface area contributed by atoms with Crippen molar-refractivity contribution >= 4 is 17.7 Å². The van der Waals surface area contributed by atoms with Gasteiger partial charge in [-0.05, 0) is 25.5 Å². The van der Waals surface area contributed by atoms with Crippen LogP contribution in [-0.2, 0) is 4.79 Å². The van der Waals surface area contributed by atoms with Crippen LogP contribution in [0, 0.1) is 11.6 Å². The van der Waals surface area contributed by atoms with Gasteiger partial charge in [0.1, 0.15) is 17.2 Å². The van der Waals surface area contributed by atoms with Crippen molar-refractivity contribution in [3.05, 3.63) is 29.8 Å². The minimum absolute atomic E-state index is 0.210. The first-order valence-corrected chi connectivity index (χ1v) is 6.06. The predicted octanol–water partition coefficient (Wildman–Crippen LogP) is 2.73. The Labute approximate surface area is 115 Å². The fourth-order valence-corrected chi connectivity index (χ4v) is 1.72. The highest BCUT2D eigenvalue weighted by atomic mass is 19.1. The monoisotopic (exact) mass is 286 g/mol. The van der Waals surface area contributed by atoms with Gasteiger partial charge in [0.15, 0.2) is 0 Å². The van der Waals surface area contributed by atoms with Gasteiger partial charge in [0.05, 0.1) is 5.69 Å². The third kappa shape index (κ3) is 3.91.